The number of carbonyl (C=O) groups excluding carboxylic acids is 1. The lowest BCUT2D eigenvalue weighted by molar-refractivity contribution is 0.111. The van der Waals surface area contributed by atoms with Crippen LogP contribution in [0, 0.1) is 6.92 Å². The van der Waals surface area contributed by atoms with Crippen molar-refractivity contribution in [3.8, 4) is 0 Å². The zero-order valence-electron chi connectivity index (χ0n) is 7.46. The van der Waals surface area contributed by atoms with E-state index in [0.29, 0.717) is 5.69 Å². The molecule has 0 saturated heterocycles. The Morgan fingerprint density at radius 1 is 1.55 bits per heavy atom. The Balaban J connectivity index is 0.000000461. The highest BCUT2D eigenvalue weighted by Crippen LogP contribution is 1.96. The van der Waals surface area contributed by atoms with Gasteiger partial charge in [-0.05, 0) is 13.0 Å². The van der Waals surface area contributed by atoms with Crippen molar-refractivity contribution in [3.05, 3.63) is 17.5 Å². The fourth-order valence-corrected chi connectivity index (χ4v) is 0.646. The molecule has 0 aliphatic rings. The molecule has 0 N–H and O–H groups in total. The first kappa shape index (κ1) is 9.88. The van der Waals surface area contributed by atoms with Crippen molar-refractivity contribution in [2.24, 2.45) is 7.05 Å². The third-order valence-corrected chi connectivity index (χ3v) is 1.25. The van der Waals surface area contributed by atoms with Crippen molar-refractivity contribution >= 4 is 6.29 Å². The molecule has 0 aliphatic heterocycles. The molecule has 0 fully saturated rings. The maximum atomic E-state index is 10.1. The first-order valence-corrected chi connectivity index (χ1v) is 3.70. The van der Waals surface area contributed by atoms with Gasteiger partial charge in [0.2, 0.25) is 0 Å². The molecule has 0 bridgehead atoms. The zero-order valence-corrected chi connectivity index (χ0v) is 7.46. The van der Waals surface area contributed by atoms with Gasteiger partial charge < -0.3 is 0 Å². The summed E-state index contributed by atoms with van der Waals surface area (Å²) in [6.07, 6.45) is 0.743. The Morgan fingerprint density at radius 2 is 2.09 bits per heavy atom. The molecule has 0 atom stereocenters. The molecule has 3 nitrogen and oxygen atoms in total. The van der Waals surface area contributed by atoms with Gasteiger partial charge in [-0.25, -0.2) is 0 Å². The molecule has 3 heteroatoms. The van der Waals surface area contributed by atoms with Crippen molar-refractivity contribution in [1.29, 1.82) is 0 Å². The molecule has 0 aromatic carbocycles. The topological polar surface area (TPSA) is 34.9 Å². The summed E-state index contributed by atoms with van der Waals surface area (Å²) in [5.74, 6) is 0. The normalized spacial score (nSPS) is 8.36. The Morgan fingerprint density at radius 3 is 2.27 bits per heavy atom. The van der Waals surface area contributed by atoms with Gasteiger partial charge in [-0.3, -0.25) is 9.48 Å². The highest BCUT2D eigenvalue weighted by atomic mass is 16.1. The molecular formula is C8H14N2O. The van der Waals surface area contributed by atoms with Gasteiger partial charge in [-0.2, -0.15) is 5.10 Å². The average molecular weight is 154 g/mol. The Hall–Kier alpha value is -1.12. The lowest BCUT2D eigenvalue weighted by Gasteiger charge is -1.87. The quantitative estimate of drug-likeness (QED) is 0.575. The van der Waals surface area contributed by atoms with Crippen LogP contribution in [0.4, 0.5) is 0 Å². The fraction of sp³-hybridized carbons (Fsp3) is 0.500. The van der Waals surface area contributed by atoms with E-state index in [1.54, 1.807) is 10.7 Å². The molecule has 1 rings (SSSR count). The molecule has 0 aliphatic carbocycles. The smallest absolute Gasteiger partial charge is 0.170 e. The van der Waals surface area contributed by atoms with E-state index in [2.05, 4.69) is 5.10 Å². The molecule has 0 radical (unpaired) electrons. The minimum Gasteiger partial charge on any atom is -0.296 e. The van der Waals surface area contributed by atoms with E-state index in [-0.39, 0.29) is 0 Å². The lowest BCUT2D eigenvalue weighted by Crippen LogP contribution is -1.92. The van der Waals surface area contributed by atoms with E-state index in [1.165, 1.54) is 0 Å². The van der Waals surface area contributed by atoms with Crippen LogP contribution in [0.5, 0.6) is 0 Å². The summed E-state index contributed by atoms with van der Waals surface area (Å²) in [5, 5.41) is 3.88. The summed E-state index contributed by atoms with van der Waals surface area (Å²) in [5.41, 5.74) is 1.49. The van der Waals surface area contributed by atoms with Gasteiger partial charge in [0.25, 0.3) is 0 Å². The van der Waals surface area contributed by atoms with Gasteiger partial charge in [0, 0.05) is 12.7 Å². The van der Waals surface area contributed by atoms with Crippen LogP contribution in [0.2, 0.25) is 0 Å². The van der Waals surface area contributed by atoms with E-state index in [9.17, 15) is 4.79 Å². The van der Waals surface area contributed by atoms with Crippen molar-refractivity contribution in [2.75, 3.05) is 0 Å². The second-order valence-electron chi connectivity index (χ2n) is 1.95. The monoisotopic (exact) mass is 154 g/mol. The van der Waals surface area contributed by atoms with Gasteiger partial charge in [-0.1, -0.05) is 13.8 Å². The Labute approximate surface area is 67.0 Å². The second kappa shape index (κ2) is 4.66. The predicted octanol–water partition coefficient (Wildman–Crippen LogP) is 1.57. The molecule has 1 heterocycles. The van der Waals surface area contributed by atoms with E-state index in [4.69, 9.17) is 0 Å². The maximum absolute atomic E-state index is 10.1. The van der Waals surface area contributed by atoms with E-state index in [1.807, 2.05) is 27.8 Å². The van der Waals surface area contributed by atoms with Gasteiger partial charge in [0.1, 0.15) is 5.69 Å². The molecule has 62 valence electrons. The number of nitrogens with zero attached hydrogens (tertiary/aromatic N) is 2. The van der Waals surface area contributed by atoms with Crippen LogP contribution in [0.25, 0.3) is 0 Å². The Kier molecular flexibility index (Phi) is 4.18. The van der Waals surface area contributed by atoms with Gasteiger partial charge in [0.05, 0.1) is 0 Å². The standard InChI is InChI=1S/C6H8N2O.C2H6/c1-5-3-6(4-9)7-8(5)2;1-2/h3-4H,1-2H3;1-2H3. The fourth-order valence-electron chi connectivity index (χ4n) is 0.646. The van der Waals surface area contributed by atoms with Crippen molar-refractivity contribution in [2.45, 2.75) is 20.8 Å². The average Bonchev–Trinajstić information content (AvgIpc) is 2.36. The SMILES string of the molecule is CC.Cc1cc(C=O)nn1C. The molecule has 11 heavy (non-hydrogen) atoms. The highest BCUT2D eigenvalue weighted by Gasteiger charge is 1.96. The van der Waals surface area contributed by atoms with Gasteiger partial charge in [0.15, 0.2) is 6.29 Å². The molecule has 0 saturated carbocycles. The van der Waals surface area contributed by atoms with E-state index in [0.717, 1.165) is 12.0 Å². The number of aryl methyl sites for hydroxylation is 2. The van der Waals surface area contributed by atoms with Gasteiger partial charge >= 0.3 is 0 Å². The lowest BCUT2D eigenvalue weighted by atomic mass is 10.4. The summed E-state index contributed by atoms with van der Waals surface area (Å²) in [7, 11) is 1.81. The molecule has 1 aromatic heterocycles. The van der Waals surface area contributed by atoms with Crippen LogP contribution in [0.1, 0.15) is 30.0 Å². The van der Waals surface area contributed by atoms with Crippen LogP contribution in [-0.2, 0) is 7.05 Å². The van der Waals surface area contributed by atoms with Crippen LogP contribution in [-0.4, -0.2) is 16.1 Å². The largest absolute Gasteiger partial charge is 0.296 e. The Bertz CT molecular complexity index is 208. The summed E-state index contributed by atoms with van der Waals surface area (Å²) < 4.78 is 1.67. The van der Waals surface area contributed by atoms with Crippen LogP contribution >= 0.6 is 0 Å². The van der Waals surface area contributed by atoms with E-state index >= 15 is 0 Å². The third-order valence-electron chi connectivity index (χ3n) is 1.25. The highest BCUT2D eigenvalue weighted by molar-refractivity contribution is 5.71. The second-order valence-corrected chi connectivity index (χ2v) is 1.95. The summed E-state index contributed by atoms with van der Waals surface area (Å²) >= 11 is 0. The molecular weight excluding hydrogens is 140 g/mol. The van der Waals surface area contributed by atoms with Crippen LogP contribution < -0.4 is 0 Å². The number of aldehydes is 1. The molecule has 0 unspecified atom stereocenters. The summed E-state index contributed by atoms with van der Waals surface area (Å²) in [6, 6.07) is 1.74. The number of hydrogen-bond donors (Lipinski definition) is 0. The minimum atomic E-state index is 0.495. The maximum Gasteiger partial charge on any atom is 0.170 e. The number of hydrogen-bond acceptors (Lipinski definition) is 2. The number of rotatable bonds is 1. The third kappa shape index (κ3) is 2.53. The number of aromatic nitrogens is 2. The summed E-state index contributed by atoms with van der Waals surface area (Å²) in [6.45, 7) is 5.90. The van der Waals surface area contributed by atoms with Crippen molar-refractivity contribution < 1.29 is 4.79 Å². The van der Waals surface area contributed by atoms with Crippen molar-refractivity contribution in [3.63, 3.8) is 0 Å². The molecule has 0 amide bonds. The first-order valence-electron chi connectivity index (χ1n) is 3.70. The first-order chi connectivity index (χ1) is 5.24. The predicted molar refractivity (Wildman–Crippen MR) is 44.7 cm³/mol. The van der Waals surface area contributed by atoms with Crippen molar-refractivity contribution in [1.82, 2.24) is 9.78 Å². The summed E-state index contributed by atoms with van der Waals surface area (Å²) in [4.78, 5) is 10.1. The van der Waals surface area contributed by atoms with Crippen LogP contribution in [0.15, 0.2) is 6.07 Å². The molecule has 1 aromatic rings. The minimum absolute atomic E-state index is 0.495. The van der Waals surface area contributed by atoms with Crippen LogP contribution in [0.3, 0.4) is 0 Å². The van der Waals surface area contributed by atoms with Gasteiger partial charge in [-0.15, -0.1) is 0 Å². The van der Waals surface area contributed by atoms with E-state index < -0.39 is 0 Å². The number of carbonyl (C=O) groups is 1. The zero-order chi connectivity index (χ0) is 8.85. The molecule has 0 spiro atoms.